The van der Waals surface area contributed by atoms with Crippen LogP contribution in [0.3, 0.4) is 0 Å². The summed E-state index contributed by atoms with van der Waals surface area (Å²) < 4.78 is 35.0. The van der Waals surface area contributed by atoms with Gasteiger partial charge >= 0.3 is 29.6 Å². The second-order valence-corrected chi connectivity index (χ2v) is 10.9. The number of unbranched alkanes of at least 4 members (excludes halogenated alkanes) is 2. The Morgan fingerprint density at radius 3 is 2.47 bits per heavy atom. The average Bonchev–Trinajstić information content (AvgIpc) is 3.17. The fourth-order valence-corrected chi connectivity index (χ4v) is 5.03. The number of carbonyl (C=O) groups excluding carboxylic acids is 1. The van der Waals surface area contributed by atoms with Crippen molar-refractivity contribution in [2.45, 2.75) is 51.5 Å². The van der Waals surface area contributed by atoms with Crippen LogP contribution in [0.15, 0.2) is 59.5 Å². The predicted molar refractivity (Wildman–Crippen MR) is 145 cm³/mol. The van der Waals surface area contributed by atoms with Gasteiger partial charge in [0.25, 0.3) is 15.9 Å². The van der Waals surface area contributed by atoms with Crippen LogP contribution in [0, 0.1) is 13.8 Å². The van der Waals surface area contributed by atoms with Crippen molar-refractivity contribution in [3.8, 4) is 5.75 Å². The number of nitrogens with one attached hydrogen (secondary N) is 1. The SMILES string of the molecule is CCCCCOc1ccc(Cn2c(C)nc3ccc(C(=O)NS(=O)(=O)c4ccc(C)cc4)nc32)c(Cl)c1.[H-].[Na+]. The number of rotatable bonds is 10. The molecule has 0 radical (unpaired) electrons. The van der Waals surface area contributed by atoms with Gasteiger partial charge in [0.15, 0.2) is 5.65 Å². The van der Waals surface area contributed by atoms with E-state index < -0.39 is 15.9 Å². The third kappa shape index (κ3) is 7.15. The maximum absolute atomic E-state index is 12.8. The van der Waals surface area contributed by atoms with Crippen LogP contribution in [0.2, 0.25) is 5.02 Å². The first-order valence-electron chi connectivity index (χ1n) is 12.1. The molecule has 196 valence electrons. The monoisotopic (exact) mass is 564 g/mol. The van der Waals surface area contributed by atoms with E-state index in [0.717, 1.165) is 30.4 Å². The van der Waals surface area contributed by atoms with Gasteiger partial charge in [0.05, 0.1) is 18.0 Å². The summed E-state index contributed by atoms with van der Waals surface area (Å²) in [5.74, 6) is 0.572. The molecule has 0 atom stereocenters. The molecule has 2 heterocycles. The Hall–Kier alpha value is -2.43. The van der Waals surface area contributed by atoms with E-state index in [4.69, 9.17) is 16.3 Å². The van der Waals surface area contributed by atoms with E-state index in [2.05, 4.69) is 21.6 Å². The molecular weight excluding hydrogens is 535 g/mol. The van der Waals surface area contributed by atoms with Crippen molar-refractivity contribution in [2.24, 2.45) is 0 Å². The first-order chi connectivity index (χ1) is 17.7. The van der Waals surface area contributed by atoms with Crippen molar-refractivity contribution >= 4 is 38.7 Å². The number of nitrogens with zero attached hydrogens (tertiary/aromatic N) is 3. The number of halogens is 1. The molecule has 0 saturated carbocycles. The number of sulfonamides is 1. The van der Waals surface area contributed by atoms with Gasteiger partial charge in [-0.2, -0.15) is 0 Å². The van der Waals surface area contributed by atoms with Gasteiger partial charge in [-0.3, -0.25) is 4.79 Å². The summed E-state index contributed by atoms with van der Waals surface area (Å²) in [6.07, 6.45) is 3.23. The van der Waals surface area contributed by atoms with E-state index in [-0.39, 0.29) is 41.6 Å². The van der Waals surface area contributed by atoms with Gasteiger partial charge < -0.3 is 10.7 Å². The van der Waals surface area contributed by atoms with Crippen LogP contribution in [0.5, 0.6) is 5.75 Å². The molecule has 4 rings (SSSR count). The fraction of sp³-hybridized carbons (Fsp3) is 0.296. The molecule has 0 saturated heterocycles. The number of aromatic nitrogens is 3. The summed E-state index contributed by atoms with van der Waals surface area (Å²) in [7, 11) is -4.04. The van der Waals surface area contributed by atoms with Gasteiger partial charge in [-0.15, -0.1) is 0 Å². The third-order valence-electron chi connectivity index (χ3n) is 5.94. The van der Waals surface area contributed by atoms with Crippen LogP contribution in [0.25, 0.3) is 11.2 Å². The maximum Gasteiger partial charge on any atom is 1.00 e. The number of aryl methyl sites for hydroxylation is 2. The minimum Gasteiger partial charge on any atom is -1.00 e. The van der Waals surface area contributed by atoms with E-state index in [1.165, 1.54) is 18.2 Å². The quantitative estimate of drug-likeness (QED) is 0.235. The van der Waals surface area contributed by atoms with E-state index in [1.807, 2.05) is 30.5 Å². The first kappa shape index (κ1) is 30.1. The zero-order valence-corrected chi connectivity index (χ0v) is 25.6. The molecule has 0 aliphatic rings. The van der Waals surface area contributed by atoms with Crippen LogP contribution in [-0.2, 0) is 16.6 Å². The Balaban J connectivity index is 0.00000267. The maximum atomic E-state index is 12.8. The second kappa shape index (κ2) is 13.1. The predicted octanol–water partition coefficient (Wildman–Crippen LogP) is 2.55. The summed E-state index contributed by atoms with van der Waals surface area (Å²) >= 11 is 6.55. The van der Waals surface area contributed by atoms with Crippen LogP contribution in [-0.4, -0.2) is 35.5 Å². The number of imidazole rings is 1. The van der Waals surface area contributed by atoms with Crippen LogP contribution in [0.1, 0.15) is 55.1 Å². The Morgan fingerprint density at radius 1 is 1.05 bits per heavy atom. The summed E-state index contributed by atoms with van der Waals surface area (Å²) in [6, 6.07) is 14.9. The van der Waals surface area contributed by atoms with Gasteiger partial charge in [0.1, 0.15) is 22.8 Å². The number of hydrogen-bond acceptors (Lipinski definition) is 6. The van der Waals surface area contributed by atoms with Crippen LogP contribution in [0.4, 0.5) is 0 Å². The Kier molecular flexibility index (Phi) is 10.4. The molecule has 11 heteroatoms. The zero-order valence-electron chi connectivity index (χ0n) is 23.0. The number of amides is 1. The molecule has 0 aliphatic heterocycles. The molecule has 0 bridgehead atoms. The topological polar surface area (TPSA) is 103 Å². The van der Waals surface area contributed by atoms with Gasteiger partial charge in [-0.05, 0) is 62.2 Å². The fourth-order valence-electron chi connectivity index (χ4n) is 3.84. The zero-order chi connectivity index (χ0) is 26.6. The minimum absolute atomic E-state index is 0. The molecule has 0 aliphatic carbocycles. The van der Waals surface area contributed by atoms with Gasteiger partial charge in [-0.25, -0.2) is 23.1 Å². The number of carbonyl (C=O) groups is 1. The van der Waals surface area contributed by atoms with Crippen LogP contribution < -0.4 is 39.0 Å². The van der Waals surface area contributed by atoms with Gasteiger partial charge in [0, 0.05) is 5.02 Å². The number of benzene rings is 2. The van der Waals surface area contributed by atoms with Crippen molar-refractivity contribution in [3.05, 3.63) is 82.3 Å². The molecule has 0 unspecified atom stereocenters. The standard InChI is InChI=1S/C27H29ClN4O4S.Na.H/c1-4-5-6-15-36-21-10-9-20(23(28)16-21)17-32-19(3)29-24-13-14-25(30-26(24)32)27(33)31-37(34,35)22-11-7-18(2)8-12-22;;/h7-14,16H,4-6,15,17H2,1-3H3,(H,31,33);;/q;+1;-1. The molecule has 38 heavy (non-hydrogen) atoms. The summed E-state index contributed by atoms with van der Waals surface area (Å²) in [5.41, 5.74) is 2.75. The number of ether oxygens (including phenoxy) is 1. The smallest absolute Gasteiger partial charge is 1.00 e. The third-order valence-corrected chi connectivity index (χ3v) is 7.64. The van der Waals surface area contributed by atoms with E-state index in [9.17, 15) is 13.2 Å². The van der Waals surface area contributed by atoms with Crippen molar-refractivity contribution in [1.82, 2.24) is 19.3 Å². The molecule has 1 amide bonds. The second-order valence-electron chi connectivity index (χ2n) is 8.84. The minimum atomic E-state index is -4.04. The van der Waals surface area contributed by atoms with Crippen LogP contribution >= 0.6 is 11.6 Å². The van der Waals surface area contributed by atoms with Crippen molar-refractivity contribution < 1.29 is 48.9 Å². The molecule has 2 aromatic carbocycles. The van der Waals surface area contributed by atoms with Crippen molar-refractivity contribution in [3.63, 3.8) is 0 Å². The molecule has 8 nitrogen and oxygen atoms in total. The largest absolute Gasteiger partial charge is 1.00 e. The van der Waals surface area contributed by atoms with E-state index in [0.29, 0.717) is 40.9 Å². The average molecular weight is 565 g/mol. The van der Waals surface area contributed by atoms with Gasteiger partial charge in [-0.1, -0.05) is 55.1 Å². The Morgan fingerprint density at radius 2 is 1.79 bits per heavy atom. The number of pyridine rings is 1. The molecule has 0 fully saturated rings. The Bertz CT molecular complexity index is 1550. The molecular formula is C27H30ClN4NaO4S. The molecule has 2 aromatic heterocycles. The molecule has 4 aromatic rings. The summed E-state index contributed by atoms with van der Waals surface area (Å²) in [5, 5.41) is 0.548. The normalized spacial score (nSPS) is 11.3. The molecule has 0 spiro atoms. The van der Waals surface area contributed by atoms with Crippen molar-refractivity contribution in [1.29, 1.82) is 0 Å². The summed E-state index contributed by atoms with van der Waals surface area (Å²) in [4.78, 5) is 21.8. The number of hydrogen-bond donors (Lipinski definition) is 1. The Labute approximate surface area is 251 Å². The first-order valence-corrected chi connectivity index (χ1v) is 13.9. The van der Waals surface area contributed by atoms with E-state index >= 15 is 0 Å². The van der Waals surface area contributed by atoms with E-state index in [1.54, 1.807) is 24.3 Å². The van der Waals surface area contributed by atoms with Crippen molar-refractivity contribution in [2.75, 3.05) is 6.61 Å². The van der Waals surface area contributed by atoms with Gasteiger partial charge in [0.2, 0.25) is 0 Å². The molecule has 1 N–H and O–H groups in total. The number of fused-ring (bicyclic) bond motifs is 1. The summed E-state index contributed by atoms with van der Waals surface area (Å²) in [6.45, 7) is 6.84.